The second-order valence-electron chi connectivity index (χ2n) is 4.50. The van der Waals surface area contributed by atoms with E-state index in [0.29, 0.717) is 16.2 Å². The average molecular weight is 282 g/mol. The molecule has 0 saturated carbocycles. The van der Waals surface area contributed by atoms with Gasteiger partial charge in [-0.05, 0) is 26.0 Å². The first-order valence-electron chi connectivity index (χ1n) is 6.20. The highest BCUT2D eigenvalue weighted by atomic mass is 32.2. The first-order valence-corrected chi connectivity index (χ1v) is 7.19. The van der Waals surface area contributed by atoms with Gasteiger partial charge in [0.25, 0.3) is 0 Å². The van der Waals surface area contributed by atoms with Crippen molar-refractivity contribution in [2.45, 2.75) is 18.9 Å². The van der Waals surface area contributed by atoms with E-state index in [1.807, 2.05) is 38.1 Å². The molecule has 0 unspecified atom stereocenters. The Labute approximate surface area is 122 Å². The molecule has 1 aromatic carbocycles. The van der Waals surface area contributed by atoms with Gasteiger partial charge in [0.05, 0.1) is 11.3 Å². The molecule has 0 amide bonds. The number of nitrogens with zero attached hydrogens (tertiary/aromatic N) is 2. The molecule has 0 aliphatic carbocycles. The molecule has 20 heavy (non-hydrogen) atoms. The topological polar surface area (TPSA) is 53.8 Å². The minimum atomic E-state index is 0.0437. The summed E-state index contributed by atoms with van der Waals surface area (Å²) in [7, 11) is 0. The molecule has 3 nitrogen and oxygen atoms in total. The van der Waals surface area contributed by atoms with E-state index in [2.05, 4.69) is 11.1 Å². The molecule has 0 aliphatic rings. The van der Waals surface area contributed by atoms with Crippen LogP contribution in [-0.2, 0) is 0 Å². The van der Waals surface area contributed by atoms with Crippen LogP contribution in [0.2, 0.25) is 0 Å². The Morgan fingerprint density at radius 1 is 1.20 bits per heavy atom. The van der Waals surface area contributed by atoms with E-state index in [1.165, 1.54) is 11.8 Å². The summed E-state index contributed by atoms with van der Waals surface area (Å²) in [5.41, 5.74) is 3.17. The van der Waals surface area contributed by atoms with Crippen molar-refractivity contribution in [2.24, 2.45) is 0 Å². The molecule has 100 valence electrons. The van der Waals surface area contributed by atoms with Crippen molar-refractivity contribution >= 4 is 17.5 Å². The summed E-state index contributed by atoms with van der Waals surface area (Å²) >= 11 is 1.31. The maximum atomic E-state index is 12.1. The highest BCUT2D eigenvalue weighted by molar-refractivity contribution is 8.00. The van der Waals surface area contributed by atoms with Crippen LogP contribution in [0.4, 0.5) is 0 Å². The van der Waals surface area contributed by atoms with Crippen LogP contribution >= 0.6 is 11.8 Å². The zero-order chi connectivity index (χ0) is 14.5. The van der Waals surface area contributed by atoms with Crippen LogP contribution in [0.25, 0.3) is 0 Å². The molecule has 0 saturated heterocycles. The van der Waals surface area contributed by atoms with Crippen LogP contribution in [-0.4, -0.2) is 16.5 Å². The Balaban J connectivity index is 2.09. The van der Waals surface area contributed by atoms with Crippen molar-refractivity contribution in [3.8, 4) is 6.07 Å². The van der Waals surface area contributed by atoms with Gasteiger partial charge >= 0.3 is 0 Å². The van der Waals surface area contributed by atoms with Crippen LogP contribution < -0.4 is 0 Å². The quantitative estimate of drug-likeness (QED) is 0.635. The van der Waals surface area contributed by atoms with Crippen LogP contribution in [0.5, 0.6) is 0 Å². The third kappa shape index (κ3) is 3.46. The minimum Gasteiger partial charge on any atom is -0.293 e. The molecule has 0 radical (unpaired) electrons. The number of Topliss-reactive ketones (excluding diaryl/α,β-unsaturated/α-hetero) is 1. The molecule has 0 aliphatic heterocycles. The highest BCUT2D eigenvalue weighted by Crippen LogP contribution is 2.21. The lowest BCUT2D eigenvalue weighted by Gasteiger charge is -2.04. The molecule has 2 aromatic rings. The second-order valence-corrected chi connectivity index (χ2v) is 5.46. The fourth-order valence-electron chi connectivity index (χ4n) is 1.68. The minimum absolute atomic E-state index is 0.0437. The van der Waals surface area contributed by atoms with Gasteiger partial charge in [-0.1, -0.05) is 41.6 Å². The Morgan fingerprint density at radius 2 is 1.90 bits per heavy atom. The predicted octanol–water partition coefficient (Wildman–Crippen LogP) is 3.55. The number of pyridine rings is 1. The Hall–Kier alpha value is -2.12. The van der Waals surface area contributed by atoms with Crippen molar-refractivity contribution in [3.63, 3.8) is 0 Å². The monoisotopic (exact) mass is 282 g/mol. The smallest absolute Gasteiger partial charge is 0.173 e. The second kappa shape index (κ2) is 6.36. The van der Waals surface area contributed by atoms with Crippen molar-refractivity contribution in [1.82, 2.24) is 4.98 Å². The zero-order valence-electron chi connectivity index (χ0n) is 11.4. The molecule has 0 spiro atoms. The molecule has 1 heterocycles. The molecule has 1 aromatic heterocycles. The molecule has 0 atom stereocenters. The van der Waals surface area contributed by atoms with Gasteiger partial charge in [-0.15, -0.1) is 0 Å². The predicted molar refractivity (Wildman–Crippen MR) is 79.9 cm³/mol. The van der Waals surface area contributed by atoms with Gasteiger partial charge in [0.2, 0.25) is 0 Å². The van der Waals surface area contributed by atoms with Gasteiger partial charge in [0.1, 0.15) is 11.1 Å². The van der Waals surface area contributed by atoms with Crippen LogP contribution in [0.3, 0.4) is 0 Å². The van der Waals surface area contributed by atoms with E-state index in [1.54, 1.807) is 12.1 Å². The summed E-state index contributed by atoms with van der Waals surface area (Å²) in [6.07, 6.45) is 0. The van der Waals surface area contributed by atoms with Crippen molar-refractivity contribution in [2.75, 3.05) is 5.75 Å². The third-order valence-electron chi connectivity index (χ3n) is 2.83. The Bertz CT molecular complexity index is 672. The van der Waals surface area contributed by atoms with Gasteiger partial charge in [-0.3, -0.25) is 4.79 Å². The first kappa shape index (κ1) is 14.3. The lowest BCUT2D eigenvalue weighted by Crippen LogP contribution is -2.03. The van der Waals surface area contributed by atoms with E-state index in [4.69, 9.17) is 5.26 Å². The van der Waals surface area contributed by atoms with Gasteiger partial charge in [0.15, 0.2) is 5.78 Å². The van der Waals surface area contributed by atoms with Crippen molar-refractivity contribution in [3.05, 3.63) is 58.8 Å². The number of carbonyl (C=O) groups is 1. The highest BCUT2D eigenvalue weighted by Gasteiger charge is 2.10. The summed E-state index contributed by atoms with van der Waals surface area (Å²) in [6, 6.07) is 13.1. The fraction of sp³-hybridized carbons (Fsp3) is 0.188. The lowest BCUT2D eigenvalue weighted by atomic mass is 10.1. The molecule has 4 heteroatoms. The fourth-order valence-corrected chi connectivity index (χ4v) is 2.60. The number of ketones is 1. The summed E-state index contributed by atoms with van der Waals surface area (Å²) in [4.78, 5) is 16.4. The van der Waals surface area contributed by atoms with Crippen LogP contribution in [0.1, 0.15) is 27.2 Å². The molecule has 2 rings (SSSR count). The number of hydrogen-bond donors (Lipinski definition) is 0. The van der Waals surface area contributed by atoms with Crippen molar-refractivity contribution in [1.29, 1.82) is 5.26 Å². The standard InChI is InChI=1S/C16H14N2OS/c1-11-3-6-13(7-4-11)15(19)10-20-16-14(9-17)8-5-12(2)18-16/h3-8H,10H2,1-2H3. The Kier molecular flexibility index (Phi) is 4.54. The number of carbonyl (C=O) groups excluding carboxylic acids is 1. The zero-order valence-corrected chi connectivity index (χ0v) is 12.2. The molecule has 0 N–H and O–H groups in total. The molecular weight excluding hydrogens is 268 g/mol. The number of hydrogen-bond acceptors (Lipinski definition) is 4. The summed E-state index contributed by atoms with van der Waals surface area (Å²) < 4.78 is 0. The largest absolute Gasteiger partial charge is 0.293 e. The molecular formula is C16H14N2OS. The Morgan fingerprint density at radius 3 is 2.55 bits per heavy atom. The van der Waals surface area contributed by atoms with Gasteiger partial charge in [-0.25, -0.2) is 4.98 Å². The lowest BCUT2D eigenvalue weighted by molar-refractivity contribution is 0.102. The molecule has 0 bridgehead atoms. The van der Waals surface area contributed by atoms with Crippen LogP contribution in [0.15, 0.2) is 41.4 Å². The van der Waals surface area contributed by atoms with Gasteiger partial charge < -0.3 is 0 Å². The summed E-state index contributed by atoms with van der Waals surface area (Å²) in [5, 5.41) is 9.65. The van der Waals surface area contributed by atoms with E-state index in [0.717, 1.165) is 11.3 Å². The average Bonchev–Trinajstić information content (AvgIpc) is 2.45. The van der Waals surface area contributed by atoms with Gasteiger partial charge in [0, 0.05) is 11.3 Å². The van der Waals surface area contributed by atoms with E-state index in [9.17, 15) is 4.79 Å². The van der Waals surface area contributed by atoms with Crippen LogP contribution in [0, 0.1) is 25.2 Å². The number of aromatic nitrogens is 1. The first-order chi connectivity index (χ1) is 9.60. The van der Waals surface area contributed by atoms with Crippen molar-refractivity contribution < 1.29 is 4.79 Å². The van der Waals surface area contributed by atoms with Gasteiger partial charge in [-0.2, -0.15) is 5.26 Å². The van der Waals surface area contributed by atoms with E-state index >= 15 is 0 Å². The number of aryl methyl sites for hydroxylation is 2. The number of rotatable bonds is 4. The number of benzene rings is 1. The summed E-state index contributed by atoms with van der Waals surface area (Å²) in [5.74, 6) is 0.330. The third-order valence-corrected chi connectivity index (χ3v) is 3.82. The van der Waals surface area contributed by atoms with E-state index < -0.39 is 0 Å². The maximum absolute atomic E-state index is 12.1. The summed E-state index contributed by atoms with van der Waals surface area (Å²) in [6.45, 7) is 3.85. The maximum Gasteiger partial charge on any atom is 0.173 e. The normalized spacial score (nSPS) is 10.1. The SMILES string of the molecule is Cc1ccc(C(=O)CSc2nc(C)ccc2C#N)cc1. The number of thioether (sulfide) groups is 1. The number of nitriles is 1. The molecule has 0 fully saturated rings. The van der Waals surface area contributed by atoms with E-state index in [-0.39, 0.29) is 11.5 Å².